The van der Waals surface area contributed by atoms with Crippen LogP contribution in [0.15, 0.2) is 36.4 Å². The first kappa shape index (κ1) is 19.3. The molecule has 6 heteroatoms. The molecule has 0 heterocycles. The number of amides is 1. The van der Waals surface area contributed by atoms with Crippen molar-refractivity contribution in [2.75, 3.05) is 25.6 Å². The molecular formula is C20H23NO5. The maximum Gasteiger partial charge on any atom is 0.338 e. The van der Waals surface area contributed by atoms with Gasteiger partial charge in [-0.05, 0) is 62.2 Å². The Morgan fingerprint density at radius 1 is 1.00 bits per heavy atom. The van der Waals surface area contributed by atoms with Gasteiger partial charge in [0.25, 0.3) is 5.91 Å². The van der Waals surface area contributed by atoms with Crippen molar-refractivity contribution in [2.24, 2.45) is 0 Å². The highest BCUT2D eigenvalue weighted by Crippen LogP contribution is 2.28. The van der Waals surface area contributed by atoms with E-state index in [1.54, 1.807) is 18.2 Å². The van der Waals surface area contributed by atoms with Crippen molar-refractivity contribution in [3.8, 4) is 11.5 Å². The van der Waals surface area contributed by atoms with Gasteiger partial charge in [0.2, 0.25) is 0 Å². The number of carbonyl (C=O) groups is 2. The molecule has 138 valence electrons. The Labute approximate surface area is 153 Å². The van der Waals surface area contributed by atoms with Crippen molar-refractivity contribution in [2.45, 2.75) is 20.8 Å². The fourth-order valence-corrected chi connectivity index (χ4v) is 2.30. The number of carbonyl (C=O) groups excluding carboxylic acids is 2. The SMILES string of the molecule is CCOc1ccc(C(=O)OCC(=O)Nc2ccc(C)c(C)c2)cc1OC. The molecule has 2 aromatic carbocycles. The molecule has 0 radical (unpaired) electrons. The van der Waals surface area contributed by atoms with E-state index in [4.69, 9.17) is 14.2 Å². The Hall–Kier alpha value is -3.02. The molecule has 26 heavy (non-hydrogen) atoms. The van der Waals surface area contributed by atoms with Gasteiger partial charge in [-0.25, -0.2) is 4.79 Å². The number of nitrogens with one attached hydrogen (secondary N) is 1. The van der Waals surface area contributed by atoms with Crippen molar-refractivity contribution in [3.63, 3.8) is 0 Å². The van der Waals surface area contributed by atoms with E-state index < -0.39 is 11.9 Å². The molecule has 0 saturated heterocycles. The first-order chi connectivity index (χ1) is 12.4. The maximum atomic E-state index is 12.1. The fraction of sp³-hybridized carbons (Fsp3) is 0.300. The van der Waals surface area contributed by atoms with Gasteiger partial charge in [0.15, 0.2) is 18.1 Å². The first-order valence-corrected chi connectivity index (χ1v) is 8.29. The zero-order valence-electron chi connectivity index (χ0n) is 15.4. The van der Waals surface area contributed by atoms with Crippen LogP contribution in [0, 0.1) is 13.8 Å². The summed E-state index contributed by atoms with van der Waals surface area (Å²) >= 11 is 0. The predicted octanol–water partition coefficient (Wildman–Crippen LogP) is 3.51. The lowest BCUT2D eigenvalue weighted by atomic mass is 10.1. The minimum atomic E-state index is -0.610. The average Bonchev–Trinajstić information content (AvgIpc) is 2.63. The van der Waals surface area contributed by atoms with Gasteiger partial charge in [0.1, 0.15) is 0 Å². The molecule has 0 unspecified atom stereocenters. The van der Waals surface area contributed by atoms with Crippen LogP contribution in [0.4, 0.5) is 5.69 Å². The van der Waals surface area contributed by atoms with E-state index in [0.29, 0.717) is 23.8 Å². The van der Waals surface area contributed by atoms with Crippen LogP contribution in [0.5, 0.6) is 11.5 Å². The standard InChI is InChI=1S/C20H23NO5/c1-5-25-17-9-7-15(11-18(17)24-4)20(23)26-12-19(22)21-16-8-6-13(2)14(3)10-16/h6-11H,5,12H2,1-4H3,(H,21,22). The molecule has 0 aromatic heterocycles. The van der Waals surface area contributed by atoms with Gasteiger partial charge in [0, 0.05) is 5.69 Å². The molecule has 2 aromatic rings. The minimum absolute atomic E-state index is 0.282. The highest BCUT2D eigenvalue weighted by atomic mass is 16.5. The zero-order chi connectivity index (χ0) is 19.1. The van der Waals surface area contributed by atoms with Gasteiger partial charge < -0.3 is 19.5 Å². The van der Waals surface area contributed by atoms with Gasteiger partial charge >= 0.3 is 5.97 Å². The second kappa shape index (κ2) is 8.89. The normalized spacial score (nSPS) is 10.2. The second-order valence-electron chi connectivity index (χ2n) is 5.72. The lowest BCUT2D eigenvalue weighted by Gasteiger charge is -2.11. The number of rotatable bonds is 7. The number of methoxy groups -OCH3 is 1. The van der Waals surface area contributed by atoms with Crippen molar-refractivity contribution in [1.29, 1.82) is 0 Å². The molecule has 0 bridgehead atoms. The predicted molar refractivity (Wildman–Crippen MR) is 99.0 cm³/mol. The van der Waals surface area contributed by atoms with E-state index in [2.05, 4.69) is 5.32 Å². The smallest absolute Gasteiger partial charge is 0.338 e. The Bertz CT molecular complexity index is 801. The second-order valence-corrected chi connectivity index (χ2v) is 5.72. The lowest BCUT2D eigenvalue weighted by molar-refractivity contribution is -0.119. The van der Waals surface area contributed by atoms with Crippen molar-refractivity contribution < 1.29 is 23.8 Å². The van der Waals surface area contributed by atoms with Crippen LogP contribution in [0.1, 0.15) is 28.4 Å². The summed E-state index contributed by atoms with van der Waals surface area (Å²) in [5.74, 6) is -0.0407. The number of anilines is 1. The van der Waals surface area contributed by atoms with Crippen LogP contribution in [-0.4, -0.2) is 32.2 Å². The topological polar surface area (TPSA) is 73.9 Å². The van der Waals surface area contributed by atoms with Gasteiger partial charge in [-0.3, -0.25) is 4.79 Å². The largest absolute Gasteiger partial charge is 0.493 e. The summed E-state index contributed by atoms with van der Waals surface area (Å²) in [6.45, 7) is 5.92. The summed E-state index contributed by atoms with van der Waals surface area (Å²) in [5.41, 5.74) is 3.15. The summed E-state index contributed by atoms with van der Waals surface area (Å²) in [7, 11) is 1.49. The highest BCUT2D eigenvalue weighted by Gasteiger charge is 2.14. The molecule has 0 fully saturated rings. The van der Waals surface area contributed by atoms with E-state index in [9.17, 15) is 9.59 Å². The van der Waals surface area contributed by atoms with Gasteiger partial charge in [0.05, 0.1) is 19.3 Å². The Morgan fingerprint density at radius 2 is 1.77 bits per heavy atom. The molecule has 0 aliphatic heterocycles. The molecule has 6 nitrogen and oxygen atoms in total. The van der Waals surface area contributed by atoms with Crippen molar-refractivity contribution in [3.05, 3.63) is 53.1 Å². The molecule has 0 spiro atoms. The summed E-state index contributed by atoms with van der Waals surface area (Å²) in [6, 6.07) is 10.3. The summed E-state index contributed by atoms with van der Waals surface area (Å²) in [5, 5.41) is 2.70. The van der Waals surface area contributed by atoms with E-state index in [1.165, 1.54) is 13.2 Å². The monoisotopic (exact) mass is 357 g/mol. The van der Waals surface area contributed by atoms with E-state index in [-0.39, 0.29) is 12.2 Å². The van der Waals surface area contributed by atoms with Crippen LogP contribution in [0.3, 0.4) is 0 Å². The number of benzene rings is 2. The first-order valence-electron chi connectivity index (χ1n) is 8.29. The number of hydrogen-bond acceptors (Lipinski definition) is 5. The molecule has 1 amide bonds. The number of hydrogen-bond donors (Lipinski definition) is 1. The van der Waals surface area contributed by atoms with Crippen LogP contribution in [0.2, 0.25) is 0 Å². The van der Waals surface area contributed by atoms with E-state index in [0.717, 1.165) is 11.1 Å². The third kappa shape index (κ3) is 4.99. The molecule has 1 N–H and O–H groups in total. The molecule has 0 aliphatic carbocycles. The fourth-order valence-electron chi connectivity index (χ4n) is 2.30. The van der Waals surface area contributed by atoms with Gasteiger partial charge in [-0.15, -0.1) is 0 Å². The highest BCUT2D eigenvalue weighted by molar-refractivity contribution is 5.95. The Kier molecular flexibility index (Phi) is 6.60. The van der Waals surface area contributed by atoms with E-state index in [1.807, 2.05) is 32.9 Å². The van der Waals surface area contributed by atoms with Gasteiger partial charge in [-0.1, -0.05) is 6.07 Å². The van der Waals surface area contributed by atoms with Crippen LogP contribution >= 0.6 is 0 Å². The number of esters is 1. The third-order valence-corrected chi connectivity index (χ3v) is 3.82. The lowest BCUT2D eigenvalue weighted by Crippen LogP contribution is -2.21. The van der Waals surface area contributed by atoms with Crippen molar-refractivity contribution in [1.82, 2.24) is 0 Å². The van der Waals surface area contributed by atoms with E-state index >= 15 is 0 Å². The van der Waals surface area contributed by atoms with Crippen LogP contribution < -0.4 is 14.8 Å². The minimum Gasteiger partial charge on any atom is -0.493 e. The summed E-state index contributed by atoms with van der Waals surface area (Å²) < 4.78 is 15.7. The quantitative estimate of drug-likeness (QED) is 0.768. The number of ether oxygens (including phenoxy) is 3. The Morgan fingerprint density at radius 3 is 2.42 bits per heavy atom. The maximum absolute atomic E-state index is 12.1. The summed E-state index contributed by atoms with van der Waals surface area (Å²) in [6.07, 6.45) is 0. The molecule has 0 atom stereocenters. The zero-order valence-corrected chi connectivity index (χ0v) is 15.4. The molecule has 0 saturated carbocycles. The number of aryl methyl sites for hydroxylation is 2. The Balaban J connectivity index is 1.95. The average molecular weight is 357 g/mol. The van der Waals surface area contributed by atoms with Gasteiger partial charge in [-0.2, -0.15) is 0 Å². The molecule has 2 rings (SSSR count). The van der Waals surface area contributed by atoms with Crippen molar-refractivity contribution >= 4 is 17.6 Å². The van der Waals surface area contributed by atoms with Crippen LogP contribution in [-0.2, 0) is 9.53 Å². The molecular weight excluding hydrogens is 334 g/mol. The molecule has 0 aliphatic rings. The van der Waals surface area contributed by atoms with Crippen LogP contribution in [0.25, 0.3) is 0 Å². The third-order valence-electron chi connectivity index (χ3n) is 3.82. The summed E-state index contributed by atoms with van der Waals surface area (Å²) in [4.78, 5) is 24.1.